The number of alkyl halides is 3. The number of benzene rings is 1. The van der Waals surface area contributed by atoms with E-state index in [0.29, 0.717) is 4.57 Å². The SMILES string of the molecule is CC(=O)Cn1c(=O)[nH]c2c(C(F)(F)F)cccc2c1=O. The lowest BCUT2D eigenvalue weighted by Crippen LogP contribution is -2.37. The molecular weight excluding hydrogens is 277 g/mol. The molecule has 1 aromatic carbocycles. The number of nitrogens with one attached hydrogen (secondary N) is 1. The van der Waals surface area contributed by atoms with Gasteiger partial charge in [-0.3, -0.25) is 14.2 Å². The maximum Gasteiger partial charge on any atom is 0.418 e. The molecule has 20 heavy (non-hydrogen) atoms. The first kappa shape index (κ1) is 14.0. The van der Waals surface area contributed by atoms with Crippen molar-refractivity contribution in [2.45, 2.75) is 19.6 Å². The first-order valence-corrected chi connectivity index (χ1v) is 5.54. The molecule has 0 amide bonds. The Kier molecular flexibility index (Phi) is 3.24. The first-order valence-electron chi connectivity index (χ1n) is 5.54. The lowest BCUT2D eigenvalue weighted by Gasteiger charge is -2.10. The molecule has 0 aliphatic rings. The smallest absolute Gasteiger partial charge is 0.306 e. The summed E-state index contributed by atoms with van der Waals surface area (Å²) in [6.07, 6.45) is -4.69. The van der Waals surface area contributed by atoms with E-state index in [2.05, 4.69) is 0 Å². The summed E-state index contributed by atoms with van der Waals surface area (Å²) < 4.78 is 39.0. The Morgan fingerprint density at radius 3 is 2.50 bits per heavy atom. The minimum Gasteiger partial charge on any atom is -0.306 e. The summed E-state index contributed by atoms with van der Waals surface area (Å²) >= 11 is 0. The molecule has 0 saturated carbocycles. The highest BCUT2D eigenvalue weighted by Crippen LogP contribution is 2.32. The van der Waals surface area contributed by atoms with Crippen LogP contribution in [0, 0.1) is 0 Å². The van der Waals surface area contributed by atoms with Crippen molar-refractivity contribution in [3.8, 4) is 0 Å². The van der Waals surface area contributed by atoms with E-state index in [9.17, 15) is 27.6 Å². The van der Waals surface area contributed by atoms with Crippen LogP contribution < -0.4 is 11.2 Å². The molecule has 106 valence electrons. The molecule has 0 unspecified atom stereocenters. The molecule has 1 heterocycles. The normalized spacial score (nSPS) is 11.8. The van der Waals surface area contributed by atoms with Crippen LogP contribution in [0.3, 0.4) is 0 Å². The van der Waals surface area contributed by atoms with Crippen LogP contribution in [0.5, 0.6) is 0 Å². The van der Waals surface area contributed by atoms with Crippen molar-refractivity contribution in [2.75, 3.05) is 0 Å². The molecule has 2 aromatic rings. The van der Waals surface area contributed by atoms with Gasteiger partial charge in [0.25, 0.3) is 5.56 Å². The fourth-order valence-corrected chi connectivity index (χ4v) is 1.88. The number of H-pyrrole nitrogens is 1. The van der Waals surface area contributed by atoms with Crippen molar-refractivity contribution in [1.29, 1.82) is 0 Å². The maximum absolute atomic E-state index is 12.8. The number of Topliss-reactive ketones (excluding diaryl/α,β-unsaturated/α-hetero) is 1. The van der Waals surface area contributed by atoms with E-state index >= 15 is 0 Å². The molecule has 1 N–H and O–H groups in total. The Morgan fingerprint density at radius 1 is 1.30 bits per heavy atom. The predicted molar refractivity (Wildman–Crippen MR) is 64.5 cm³/mol. The molecule has 8 heteroatoms. The van der Waals surface area contributed by atoms with E-state index in [1.165, 1.54) is 13.0 Å². The molecule has 1 aromatic heterocycles. The van der Waals surface area contributed by atoms with Crippen LogP contribution in [0.4, 0.5) is 13.2 Å². The summed E-state index contributed by atoms with van der Waals surface area (Å²) in [6, 6.07) is 3.01. The lowest BCUT2D eigenvalue weighted by atomic mass is 10.1. The van der Waals surface area contributed by atoms with Gasteiger partial charge in [-0.15, -0.1) is 0 Å². The van der Waals surface area contributed by atoms with Crippen molar-refractivity contribution in [3.63, 3.8) is 0 Å². The summed E-state index contributed by atoms with van der Waals surface area (Å²) in [6.45, 7) is 0.683. The van der Waals surface area contributed by atoms with E-state index in [-0.39, 0.29) is 5.39 Å². The van der Waals surface area contributed by atoms with Crippen molar-refractivity contribution >= 4 is 16.7 Å². The van der Waals surface area contributed by atoms with Gasteiger partial charge in [0.15, 0.2) is 0 Å². The third-order valence-electron chi connectivity index (χ3n) is 2.70. The Balaban J connectivity index is 2.87. The number of hydrogen-bond donors (Lipinski definition) is 1. The van der Waals surface area contributed by atoms with Gasteiger partial charge in [-0.2, -0.15) is 13.2 Å². The van der Waals surface area contributed by atoms with Gasteiger partial charge in [0.05, 0.1) is 23.0 Å². The zero-order valence-corrected chi connectivity index (χ0v) is 10.2. The molecule has 0 saturated heterocycles. The molecule has 2 rings (SSSR count). The highest BCUT2D eigenvalue weighted by Gasteiger charge is 2.33. The van der Waals surface area contributed by atoms with Crippen LogP contribution in [0.2, 0.25) is 0 Å². The van der Waals surface area contributed by atoms with Crippen molar-refractivity contribution in [2.24, 2.45) is 0 Å². The zero-order valence-electron chi connectivity index (χ0n) is 10.2. The highest BCUT2D eigenvalue weighted by molar-refractivity contribution is 5.82. The third kappa shape index (κ3) is 2.36. The molecule has 0 aliphatic carbocycles. The van der Waals surface area contributed by atoms with Crippen molar-refractivity contribution in [3.05, 3.63) is 44.6 Å². The molecular formula is C12H9F3N2O3. The van der Waals surface area contributed by atoms with Gasteiger partial charge in [0, 0.05) is 0 Å². The largest absolute Gasteiger partial charge is 0.418 e. The van der Waals surface area contributed by atoms with Gasteiger partial charge >= 0.3 is 11.9 Å². The van der Waals surface area contributed by atoms with E-state index < -0.39 is 40.8 Å². The summed E-state index contributed by atoms with van der Waals surface area (Å²) in [5, 5.41) is -0.291. The van der Waals surface area contributed by atoms with E-state index in [4.69, 9.17) is 0 Å². The lowest BCUT2D eigenvalue weighted by molar-refractivity contribution is -0.136. The number of rotatable bonds is 2. The van der Waals surface area contributed by atoms with Gasteiger partial charge in [0.2, 0.25) is 0 Å². The van der Waals surface area contributed by atoms with Crippen LogP contribution in [0.1, 0.15) is 12.5 Å². The average molecular weight is 286 g/mol. The number of carbonyl (C=O) groups is 1. The van der Waals surface area contributed by atoms with Gasteiger partial charge < -0.3 is 4.98 Å². The van der Waals surface area contributed by atoms with E-state index in [1.54, 1.807) is 0 Å². The van der Waals surface area contributed by atoms with Gasteiger partial charge in [-0.05, 0) is 19.1 Å². The number of aromatic nitrogens is 2. The van der Waals surface area contributed by atoms with Crippen LogP contribution in [-0.4, -0.2) is 15.3 Å². The Labute approximate surface area is 109 Å². The summed E-state index contributed by atoms with van der Waals surface area (Å²) in [5.74, 6) is -0.455. The highest BCUT2D eigenvalue weighted by atomic mass is 19.4. The maximum atomic E-state index is 12.8. The molecule has 0 radical (unpaired) electrons. The fourth-order valence-electron chi connectivity index (χ4n) is 1.88. The zero-order chi connectivity index (χ0) is 15.1. The molecule has 0 spiro atoms. The number of hydrogen-bond acceptors (Lipinski definition) is 3. The molecule has 0 fully saturated rings. The second kappa shape index (κ2) is 4.62. The predicted octanol–water partition coefficient (Wildman–Crippen LogP) is 1.30. The second-order valence-electron chi connectivity index (χ2n) is 4.25. The third-order valence-corrected chi connectivity index (χ3v) is 2.70. The van der Waals surface area contributed by atoms with Crippen molar-refractivity contribution < 1.29 is 18.0 Å². The van der Waals surface area contributed by atoms with Crippen LogP contribution in [0.25, 0.3) is 10.9 Å². The minimum atomic E-state index is -4.69. The summed E-state index contributed by atoms with van der Waals surface area (Å²) in [4.78, 5) is 36.6. The van der Waals surface area contributed by atoms with E-state index in [0.717, 1.165) is 12.1 Å². The Morgan fingerprint density at radius 2 is 1.95 bits per heavy atom. The monoisotopic (exact) mass is 286 g/mol. The number of carbonyl (C=O) groups excluding carboxylic acids is 1. The first-order chi connectivity index (χ1) is 9.21. The molecule has 0 atom stereocenters. The van der Waals surface area contributed by atoms with Crippen LogP contribution >= 0.6 is 0 Å². The Bertz CT molecular complexity index is 802. The summed E-state index contributed by atoms with van der Waals surface area (Å²) in [7, 11) is 0. The van der Waals surface area contributed by atoms with Crippen LogP contribution in [-0.2, 0) is 17.5 Å². The number of para-hydroxylation sites is 1. The van der Waals surface area contributed by atoms with Gasteiger partial charge in [-0.25, -0.2) is 4.79 Å². The standard InChI is InChI=1S/C12H9F3N2O3/c1-6(18)5-17-10(19)7-3-2-4-8(12(13,14)15)9(7)16-11(17)20/h2-4H,5H2,1H3,(H,16,20). The fraction of sp³-hybridized carbons (Fsp3) is 0.250. The number of aromatic amines is 1. The summed E-state index contributed by atoms with van der Waals surface area (Å²) in [5.41, 5.74) is -3.64. The minimum absolute atomic E-state index is 0.291. The van der Waals surface area contributed by atoms with Gasteiger partial charge in [0.1, 0.15) is 5.78 Å². The number of fused-ring (bicyclic) bond motifs is 1. The van der Waals surface area contributed by atoms with Crippen LogP contribution in [0.15, 0.2) is 27.8 Å². The second-order valence-corrected chi connectivity index (χ2v) is 4.25. The number of halogens is 3. The van der Waals surface area contributed by atoms with Gasteiger partial charge in [-0.1, -0.05) is 6.07 Å². The quantitative estimate of drug-likeness (QED) is 0.904. The number of nitrogens with zero attached hydrogens (tertiary/aromatic N) is 1. The molecule has 5 nitrogen and oxygen atoms in total. The topological polar surface area (TPSA) is 71.9 Å². The van der Waals surface area contributed by atoms with Crippen molar-refractivity contribution in [1.82, 2.24) is 9.55 Å². The molecule has 0 bridgehead atoms. The Hall–Kier alpha value is -2.38. The number of ketones is 1. The average Bonchev–Trinajstić information content (AvgIpc) is 2.32. The molecule has 0 aliphatic heterocycles. The van der Waals surface area contributed by atoms with E-state index in [1.807, 2.05) is 4.98 Å².